The Labute approximate surface area is 82.3 Å². The van der Waals surface area contributed by atoms with Gasteiger partial charge in [0.05, 0.1) is 10.0 Å². The largest absolute Gasteiger partial charge is 0.298 e. The van der Waals surface area contributed by atoms with Gasteiger partial charge in [-0.2, -0.15) is 0 Å². The molecule has 0 fully saturated rings. The van der Waals surface area contributed by atoms with Gasteiger partial charge >= 0.3 is 0 Å². The van der Waals surface area contributed by atoms with Crippen molar-refractivity contribution < 1.29 is 4.79 Å². The normalized spacial score (nSPS) is 8.33. The van der Waals surface area contributed by atoms with Gasteiger partial charge in [0.25, 0.3) is 0 Å². The number of aldehydes is 1. The summed E-state index contributed by atoms with van der Waals surface area (Å²) in [5.74, 6) is 0. The van der Waals surface area contributed by atoms with Gasteiger partial charge in [0.15, 0.2) is 0 Å². The molecule has 0 bridgehead atoms. The van der Waals surface area contributed by atoms with E-state index in [1.807, 2.05) is 13.8 Å². The zero-order valence-corrected chi connectivity index (χ0v) is 8.49. The SMILES string of the molecule is CC.O=Cc1ccc(Cl)c(Cl)c1. The van der Waals surface area contributed by atoms with Crippen molar-refractivity contribution in [3.05, 3.63) is 33.8 Å². The van der Waals surface area contributed by atoms with Gasteiger partial charge in [0, 0.05) is 5.56 Å². The second kappa shape index (κ2) is 6.04. The summed E-state index contributed by atoms with van der Waals surface area (Å²) in [6, 6.07) is 4.73. The molecule has 0 aliphatic rings. The molecule has 0 atom stereocenters. The Bertz CT molecular complexity index is 259. The van der Waals surface area contributed by atoms with Crippen LogP contribution in [0, 0.1) is 0 Å². The lowest BCUT2D eigenvalue weighted by Gasteiger charge is -1.93. The molecule has 1 aromatic rings. The predicted molar refractivity (Wildman–Crippen MR) is 53.2 cm³/mol. The summed E-state index contributed by atoms with van der Waals surface area (Å²) in [5.41, 5.74) is 0.536. The second-order valence-electron chi connectivity index (χ2n) is 1.79. The minimum atomic E-state index is 0.409. The number of halogens is 2. The van der Waals surface area contributed by atoms with Crippen molar-refractivity contribution in [2.75, 3.05) is 0 Å². The number of hydrogen-bond donors (Lipinski definition) is 0. The molecule has 1 nitrogen and oxygen atoms in total. The van der Waals surface area contributed by atoms with Gasteiger partial charge in [-0.3, -0.25) is 4.79 Å². The van der Waals surface area contributed by atoms with E-state index < -0.39 is 0 Å². The first-order chi connectivity index (χ1) is 5.74. The summed E-state index contributed by atoms with van der Waals surface area (Å²) in [7, 11) is 0. The first-order valence-electron chi connectivity index (χ1n) is 3.64. The van der Waals surface area contributed by atoms with E-state index in [4.69, 9.17) is 23.2 Å². The average molecular weight is 205 g/mol. The molecule has 0 amide bonds. The van der Waals surface area contributed by atoms with Crippen molar-refractivity contribution in [2.24, 2.45) is 0 Å². The predicted octanol–water partition coefficient (Wildman–Crippen LogP) is 3.83. The highest BCUT2D eigenvalue weighted by Crippen LogP contribution is 2.21. The zero-order chi connectivity index (χ0) is 9.56. The smallest absolute Gasteiger partial charge is 0.150 e. The highest BCUT2D eigenvalue weighted by molar-refractivity contribution is 6.42. The van der Waals surface area contributed by atoms with Gasteiger partial charge in [0.2, 0.25) is 0 Å². The highest BCUT2D eigenvalue weighted by Gasteiger charge is 1.96. The van der Waals surface area contributed by atoms with Crippen LogP contribution in [0.5, 0.6) is 0 Å². The number of hydrogen-bond acceptors (Lipinski definition) is 1. The number of carbonyl (C=O) groups is 1. The molecular formula is C9H10Cl2O. The Balaban J connectivity index is 0.000000561. The van der Waals surface area contributed by atoms with Crippen LogP contribution in [0.15, 0.2) is 18.2 Å². The Hall–Kier alpha value is -0.530. The summed E-state index contributed by atoms with van der Waals surface area (Å²) in [4.78, 5) is 10.2. The molecule has 1 aromatic carbocycles. The fourth-order valence-corrected chi connectivity index (χ4v) is 0.892. The summed E-state index contributed by atoms with van der Waals surface area (Å²) < 4.78 is 0. The van der Waals surface area contributed by atoms with E-state index in [-0.39, 0.29) is 0 Å². The van der Waals surface area contributed by atoms with Crippen LogP contribution in [0.3, 0.4) is 0 Å². The van der Waals surface area contributed by atoms with Gasteiger partial charge in [-0.1, -0.05) is 43.1 Å². The summed E-state index contributed by atoms with van der Waals surface area (Å²) >= 11 is 11.2. The summed E-state index contributed by atoms with van der Waals surface area (Å²) in [5, 5.41) is 0.874. The summed E-state index contributed by atoms with van der Waals surface area (Å²) in [6.07, 6.45) is 0.724. The molecule has 1 rings (SSSR count). The molecule has 0 aliphatic carbocycles. The number of carbonyl (C=O) groups excluding carboxylic acids is 1. The van der Waals surface area contributed by atoms with Gasteiger partial charge in [-0.25, -0.2) is 0 Å². The zero-order valence-electron chi connectivity index (χ0n) is 6.97. The highest BCUT2D eigenvalue weighted by atomic mass is 35.5. The van der Waals surface area contributed by atoms with E-state index in [0.29, 0.717) is 15.6 Å². The van der Waals surface area contributed by atoms with Gasteiger partial charge in [0.1, 0.15) is 6.29 Å². The topological polar surface area (TPSA) is 17.1 Å². The molecule has 0 heterocycles. The maximum atomic E-state index is 10.2. The molecule has 3 heteroatoms. The molecule has 0 aromatic heterocycles. The third kappa shape index (κ3) is 3.24. The first kappa shape index (κ1) is 11.5. The van der Waals surface area contributed by atoms with Crippen molar-refractivity contribution in [1.29, 1.82) is 0 Å². The van der Waals surface area contributed by atoms with Gasteiger partial charge in [-0.05, 0) is 12.1 Å². The van der Waals surface area contributed by atoms with Crippen LogP contribution in [0.4, 0.5) is 0 Å². The number of benzene rings is 1. The summed E-state index contributed by atoms with van der Waals surface area (Å²) in [6.45, 7) is 4.00. The van der Waals surface area contributed by atoms with Gasteiger partial charge in [-0.15, -0.1) is 0 Å². The fraction of sp³-hybridized carbons (Fsp3) is 0.222. The third-order valence-corrected chi connectivity index (χ3v) is 1.82. The lowest BCUT2D eigenvalue weighted by molar-refractivity contribution is 0.112. The van der Waals surface area contributed by atoms with Gasteiger partial charge < -0.3 is 0 Å². The maximum absolute atomic E-state index is 10.2. The number of rotatable bonds is 1. The molecule has 0 spiro atoms. The lowest BCUT2D eigenvalue weighted by Crippen LogP contribution is -1.77. The standard InChI is InChI=1S/C7H4Cl2O.C2H6/c8-6-2-1-5(4-10)3-7(6)9;1-2/h1-4H;1-2H3. The monoisotopic (exact) mass is 204 g/mol. The van der Waals surface area contributed by atoms with Crippen molar-refractivity contribution in [3.63, 3.8) is 0 Å². The van der Waals surface area contributed by atoms with Crippen LogP contribution in [-0.2, 0) is 0 Å². The molecule has 0 aliphatic heterocycles. The van der Waals surface area contributed by atoms with Crippen molar-refractivity contribution in [1.82, 2.24) is 0 Å². The molecule has 0 unspecified atom stereocenters. The van der Waals surface area contributed by atoms with E-state index in [2.05, 4.69) is 0 Å². The lowest BCUT2D eigenvalue weighted by atomic mass is 10.2. The minimum absolute atomic E-state index is 0.409. The second-order valence-corrected chi connectivity index (χ2v) is 2.61. The van der Waals surface area contributed by atoms with Crippen molar-refractivity contribution >= 4 is 29.5 Å². The van der Waals surface area contributed by atoms with E-state index >= 15 is 0 Å². The van der Waals surface area contributed by atoms with E-state index in [1.165, 1.54) is 6.07 Å². The first-order valence-corrected chi connectivity index (χ1v) is 4.40. The van der Waals surface area contributed by atoms with Crippen LogP contribution < -0.4 is 0 Å². The minimum Gasteiger partial charge on any atom is -0.298 e. The maximum Gasteiger partial charge on any atom is 0.150 e. The van der Waals surface area contributed by atoms with E-state index in [0.717, 1.165) is 6.29 Å². The molecule has 12 heavy (non-hydrogen) atoms. The molecule has 0 N–H and O–H groups in total. The van der Waals surface area contributed by atoms with Crippen LogP contribution in [0.1, 0.15) is 24.2 Å². The van der Waals surface area contributed by atoms with Crippen molar-refractivity contribution in [2.45, 2.75) is 13.8 Å². The molecule has 0 radical (unpaired) electrons. The quantitative estimate of drug-likeness (QED) is 0.636. The average Bonchev–Trinajstić information content (AvgIpc) is 2.13. The van der Waals surface area contributed by atoms with Crippen LogP contribution in [0.2, 0.25) is 10.0 Å². The Morgan fingerprint density at radius 1 is 1.17 bits per heavy atom. The molecule has 66 valence electrons. The fourth-order valence-electron chi connectivity index (χ4n) is 0.586. The Kier molecular flexibility index (Phi) is 5.77. The third-order valence-electron chi connectivity index (χ3n) is 1.08. The molecular weight excluding hydrogens is 195 g/mol. The van der Waals surface area contributed by atoms with Crippen LogP contribution in [0.25, 0.3) is 0 Å². The van der Waals surface area contributed by atoms with Crippen molar-refractivity contribution in [3.8, 4) is 0 Å². The molecule has 0 saturated heterocycles. The Morgan fingerprint density at radius 3 is 2.17 bits per heavy atom. The van der Waals surface area contributed by atoms with E-state index in [1.54, 1.807) is 12.1 Å². The van der Waals surface area contributed by atoms with Crippen LogP contribution >= 0.6 is 23.2 Å². The van der Waals surface area contributed by atoms with Crippen LogP contribution in [-0.4, -0.2) is 6.29 Å². The molecule has 0 saturated carbocycles. The van der Waals surface area contributed by atoms with E-state index in [9.17, 15) is 4.79 Å². The Morgan fingerprint density at radius 2 is 1.75 bits per heavy atom.